The average Bonchev–Trinajstić information content (AvgIpc) is 2.55. The quantitative estimate of drug-likeness (QED) is 0.732. The lowest BCUT2D eigenvalue weighted by atomic mass is 9.85. The summed E-state index contributed by atoms with van der Waals surface area (Å²) in [5.41, 5.74) is 3.12. The second-order valence-corrected chi connectivity index (χ2v) is 6.91. The molecule has 0 bridgehead atoms. The van der Waals surface area contributed by atoms with Crippen LogP contribution in [0.1, 0.15) is 43.9 Å². The van der Waals surface area contributed by atoms with Gasteiger partial charge >= 0.3 is 12.0 Å². The summed E-state index contributed by atoms with van der Waals surface area (Å²) in [6.07, 6.45) is 7.72. The predicted molar refractivity (Wildman–Crippen MR) is 94.7 cm³/mol. The number of nitrogens with zero attached hydrogens (tertiary/aromatic N) is 2. The van der Waals surface area contributed by atoms with Crippen molar-refractivity contribution in [3.8, 4) is 0 Å². The molecule has 3 rings (SSSR count). The molecule has 7 nitrogen and oxygen atoms in total. The van der Waals surface area contributed by atoms with Crippen LogP contribution >= 0.6 is 0 Å². The number of nitrogens with one attached hydrogen (secondary N) is 2. The summed E-state index contributed by atoms with van der Waals surface area (Å²) in [7, 11) is 0. The maximum atomic E-state index is 12.1. The number of aromatic nitrogens is 1. The molecule has 2 aliphatic carbocycles. The fourth-order valence-electron chi connectivity index (χ4n) is 3.69. The largest absolute Gasteiger partial charge is 0.480 e. The fraction of sp³-hybridized carbons (Fsp3) is 0.611. The van der Waals surface area contributed by atoms with Gasteiger partial charge in [0.2, 0.25) is 0 Å². The zero-order valence-corrected chi connectivity index (χ0v) is 14.6. The molecule has 0 unspecified atom stereocenters. The van der Waals surface area contributed by atoms with Crippen LogP contribution in [0.15, 0.2) is 12.3 Å². The zero-order valence-electron chi connectivity index (χ0n) is 14.6. The van der Waals surface area contributed by atoms with Crippen molar-refractivity contribution in [3.63, 3.8) is 0 Å². The van der Waals surface area contributed by atoms with Gasteiger partial charge in [-0.15, -0.1) is 0 Å². The van der Waals surface area contributed by atoms with Crippen LogP contribution in [0.4, 0.5) is 10.5 Å². The predicted octanol–water partition coefficient (Wildman–Crippen LogP) is 2.02. The maximum Gasteiger partial charge on any atom is 0.319 e. The number of carboxylic acids is 1. The zero-order chi connectivity index (χ0) is 17.8. The first kappa shape index (κ1) is 17.7. The normalized spacial score (nSPS) is 22.0. The Hall–Kier alpha value is -2.15. The minimum Gasteiger partial charge on any atom is -0.480 e. The number of rotatable bonds is 6. The monoisotopic (exact) mass is 346 g/mol. The van der Waals surface area contributed by atoms with Gasteiger partial charge in [0.15, 0.2) is 0 Å². The number of anilines is 1. The van der Waals surface area contributed by atoms with Gasteiger partial charge in [0.1, 0.15) is 0 Å². The molecule has 1 fully saturated rings. The fourth-order valence-corrected chi connectivity index (χ4v) is 3.69. The van der Waals surface area contributed by atoms with Crippen molar-refractivity contribution in [1.29, 1.82) is 0 Å². The Morgan fingerprint density at radius 1 is 1.32 bits per heavy atom. The molecular formula is C18H26N4O3. The Balaban J connectivity index is 1.45. The van der Waals surface area contributed by atoms with Crippen LogP contribution in [0.25, 0.3) is 0 Å². The number of likely N-dealkylation sites (N-methyl/N-ethyl adjacent to an activating group) is 1. The van der Waals surface area contributed by atoms with Crippen molar-refractivity contribution in [2.24, 2.45) is 0 Å². The summed E-state index contributed by atoms with van der Waals surface area (Å²) in [5.74, 6) is -0.809. The highest BCUT2D eigenvalue weighted by molar-refractivity contribution is 5.89. The highest BCUT2D eigenvalue weighted by atomic mass is 16.4. The van der Waals surface area contributed by atoms with Crippen LogP contribution in [0.3, 0.4) is 0 Å². The van der Waals surface area contributed by atoms with Gasteiger partial charge in [-0.1, -0.05) is 6.92 Å². The van der Waals surface area contributed by atoms with E-state index >= 15 is 0 Å². The summed E-state index contributed by atoms with van der Waals surface area (Å²) in [4.78, 5) is 29.4. The molecule has 7 heteroatoms. The third-order valence-electron chi connectivity index (χ3n) is 5.14. The van der Waals surface area contributed by atoms with E-state index in [1.54, 1.807) is 6.20 Å². The first-order valence-electron chi connectivity index (χ1n) is 9.06. The number of urea groups is 1. The van der Waals surface area contributed by atoms with E-state index in [2.05, 4.69) is 15.6 Å². The molecule has 0 spiro atoms. The van der Waals surface area contributed by atoms with E-state index < -0.39 is 5.97 Å². The number of amides is 2. The minimum atomic E-state index is -0.809. The van der Waals surface area contributed by atoms with Crippen molar-refractivity contribution in [3.05, 3.63) is 23.5 Å². The standard InChI is InChI=1S/C18H26N4O3/c1-2-22(11-17(23)24)15-8-13(9-15)20-18(25)21-14-7-12-5-3-4-6-16(12)19-10-14/h7,10,13,15H,2-6,8-9,11H2,1H3,(H,23,24)(H2,20,21,25). The van der Waals surface area contributed by atoms with Gasteiger partial charge in [-0.25, -0.2) is 4.79 Å². The molecule has 0 radical (unpaired) electrons. The molecule has 0 aromatic carbocycles. The lowest BCUT2D eigenvalue weighted by molar-refractivity contribution is -0.139. The number of carboxylic acid groups (broad SMARTS) is 1. The number of hydrogen-bond donors (Lipinski definition) is 3. The van der Waals surface area contributed by atoms with Crippen molar-refractivity contribution in [1.82, 2.24) is 15.2 Å². The Labute approximate surface area is 147 Å². The first-order chi connectivity index (χ1) is 12.0. The Morgan fingerprint density at radius 3 is 2.80 bits per heavy atom. The lowest BCUT2D eigenvalue weighted by Gasteiger charge is -2.42. The van der Waals surface area contributed by atoms with Gasteiger partial charge in [0.25, 0.3) is 0 Å². The second kappa shape index (κ2) is 7.82. The third kappa shape index (κ3) is 4.48. The van der Waals surface area contributed by atoms with E-state index in [-0.39, 0.29) is 24.7 Å². The molecule has 3 N–H and O–H groups in total. The van der Waals surface area contributed by atoms with E-state index in [4.69, 9.17) is 5.11 Å². The molecule has 1 saturated carbocycles. The molecule has 1 aromatic heterocycles. The Kier molecular flexibility index (Phi) is 5.53. The van der Waals surface area contributed by atoms with E-state index in [9.17, 15) is 9.59 Å². The number of hydrogen-bond acceptors (Lipinski definition) is 4. The Morgan fingerprint density at radius 2 is 2.08 bits per heavy atom. The van der Waals surface area contributed by atoms with E-state index in [0.29, 0.717) is 6.54 Å². The molecule has 1 aromatic rings. The highest BCUT2D eigenvalue weighted by Gasteiger charge is 2.34. The first-order valence-corrected chi connectivity index (χ1v) is 9.06. The van der Waals surface area contributed by atoms with Crippen molar-refractivity contribution in [2.45, 2.75) is 57.5 Å². The van der Waals surface area contributed by atoms with Crippen LogP contribution in [0.5, 0.6) is 0 Å². The van der Waals surface area contributed by atoms with E-state index in [1.165, 1.54) is 18.4 Å². The highest BCUT2D eigenvalue weighted by Crippen LogP contribution is 2.26. The van der Waals surface area contributed by atoms with Crippen LogP contribution in [0.2, 0.25) is 0 Å². The molecule has 0 saturated heterocycles. The van der Waals surface area contributed by atoms with Crippen LogP contribution < -0.4 is 10.6 Å². The van der Waals surface area contributed by atoms with Crippen molar-refractivity contribution < 1.29 is 14.7 Å². The van der Waals surface area contributed by atoms with Gasteiger partial charge < -0.3 is 15.7 Å². The van der Waals surface area contributed by atoms with Gasteiger partial charge in [0, 0.05) is 17.8 Å². The molecule has 2 aliphatic rings. The third-order valence-corrected chi connectivity index (χ3v) is 5.14. The number of aryl methyl sites for hydroxylation is 2. The minimum absolute atomic E-state index is 0.0564. The number of pyridine rings is 1. The van der Waals surface area contributed by atoms with Gasteiger partial charge in [-0.2, -0.15) is 0 Å². The summed E-state index contributed by atoms with van der Waals surface area (Å²) < 4.78 is 0. The molecular weight excluding hydrogens is 320 g/mol. The van der Waals surface area contributed by atoms with Crippen LogP contribution in [0, 0.1) is 0 Å². The topological polar surface area (TPSA) is 94.6 Å². The second-order valence-electron chi connectivity index (χ2n) is 6.91. The Bertz CT molecular complexity index is 643. The molecule has 0 atom stereocenters. The lowest BCUT2D eigenvalue weighted by Crippen LogP contribution is -2.55. The molecule has 2 amide bonds. The summed E-state index contributed by atoms with van der Waals surface area (Å²) in [6, 6.07) is 2.13. The smallest absolute Gasteiger partial charge is 0.319 e. The van der Waals surface area contributed by atoms with Crippen LogP contribution in [-0.4, -0.2) is 52.2 Å². The van der Waals surface area contributed by atoms with Gasteiger partial charge in [-0.3, -0.25) is 14.7 Å². The maximum absolute atomic E-state index is 12.1. The molecule has 1 heterocycles. The van der Waals surface area contributed by atoms with Gasteiger partial charge in [0.05, 0.1) is 18.4 Å². The van der Waals surface area contributed by atoms with Crippen molar-refractivity contribution >= 4 is 17.7 Å². The van der Waals surface area contributed by atoms with Crippen LogP contribution in [-0.2, 0) is 17.6 Å². The summed E-state index contributed by atoms with van der Waals surface area (Å²) in [6.45, 7) is 2.72. The molecule has 136 valence electrons. The van der Waals surface area contributed by atoms with E-state index in [0.717, 1.165) is 37.1 Å². The van der Waals surface area contributed by atoms with Gasteiger partial charge in [-0.05, 0) is 56.7 Å². The van der Waals surface area contributed by atoms with Crippen molar-refractivity contribution in [2.75, 3.05) is 18.4 Å². The number of carbonyl (C=O) groups excluding carboxylic acids is 1. The number of carbonyl (C=O) groups is 2. The number of aliphatic carboxylic acids is 1. The summed E-state index contributed by atoms with van der Waals surface area (Å²) in [5, 5.41) is 14.7. The molecule has 25 heavy (non-hydrogen) atoms. The average molecular weight is 346 g/mol. The SMILES string of the molecule is CCN(CC(=O)O)C1CC(NC(=O)Nc2cnc3c(c2)CCCC3)C1. The summed E-state index contributed by atoms with van der Waals surface area (Å²) >= 11 is 0. The number of fused-ring (bicyclic) bond motifs is 1. The molecule has 0 aliphatic heterocycles. The van der Waals surface area contributed by atoms with E-state index in [1.807, 2.05) is 17.9 Å².